The van der Waals surface area contributed by atoms with Crippen LogP contribution in [0.5, 0.6) is 0 Å². The molecule has 2 rings (SSSR count). The Morgan fingerprint density at radius 1 is 1.37 bits per heavy atom. The zero-order chi connectivity index (χ0) is 13.7. The molecule has 0 saturated heterocycles. The number of hydrogen-bond donors (Lipinski definition) is 2. The molecule has 19 heavy (non-hydrogen) atoms. The second-order valence-electron chi connectivity index (χ2n) is 4.38. The van der Waals surface area contributed by atoms with Crippen LogP contribution in [-0.2, 0) is 0 Å². The molecule has 0 bridgehead atoms. The first-order valence-corrected chi connectivity index (χ1v) is 6.45. The van der Waals surface area contributed by atoms with Crippen molar-refractivity contribution in [2.75, 3.05) is 11.9 Å². The molecule has 5 heteroatoms. The van der Waals surface area contributed by atoms with E-state index in [0.717, 1.165) is 31.2 Å². The van der Waals surface area contributed by atoms with Gasteiger partial charge in [-0.15, -0.1) is 0 Å². The SMILES string of the molecule is CCCCCNc1ncc2cccc(C(=O)O)c2n1. The number of rotatable bonds is 6. The van der Waals surface area contributed by atoms with Crippen LogP contribution in [0.25, 0.3) is 10.9 Å². The summed E-state index contributed by atoms with van der Waals surface area (Å²) in [6, 6.07) is 5.06. The lowest BCUT2D eigenvalue weighted by Crippen LogP contribution is -2.06. The van der Waals surface area contributed by atoms with E-state index < -0.39 is 5.97 Å². The van der Waals surface area contributed by atoms with Crippen LogP contribution in [0.3, 0.4) is 0 Å². The first-order chi connectivity index (χ1) is 9.22. The van der Waals surface area contributed by atoms with Crippen LogP contribution in [-0.4, -0.2) is 27.6 Å². The number of hydrogen-bond acceptors (Lipinski definition) is 4. The molecule has 0 atom stereocenters. The quantitative estimate of drug-likeness (QED) is 0.780. The van der Waals surface area contributed by atoms with Gasteiger partial charge in [0.1, 0.15) is 0 Å². The van der Waals surface area contributed by atoms with E-state index in [9.17, 15) is 4.79 Å². The maximum absolute atomic E-state index is 11.1. The van der Waals surface area contributed by atoms with Gasteiger partial charge in [-0.2, -0.15) is 0 Å². The summed E-state index contributed by atoms with van der Waals surface area (Å²) in [7, 11) is 0. The Labute approximate surface area is 111 Å². The van der Waals surface area contributed by atoms with Crippen molar-refractivity contribution in [2.24, 2.45) is 0 Å². The van der Waals surface area contributed by atoms with Crippen LogP contribution >= 0.6 is 0 Å². The van der Waals surface area contributed by atoms with Gasteiger partial charge in [0.15, 0.2) is 0 Å². The van der Waals surface area contributed by atoms with Crippen LogP contribution < -0.4 is 5.32 Å². The summed E-state index contributed by atoms with van der Waals surface area (Å²) in [5.74, 6) is -0.487. The number of nitrogens with one attached hydrogen (secondary N) is 1. The molecule has 0 unspecified atom stereocenters. The largest absolute Gasteiger partial charge is 0.478 e. The minimum Gasteiger partial charge on any atom is -0.478 e. The number of para-hydroxylation sites is 1. The molecular weight excluding hydrogens is 242 g/mol. The lowest BCUT2D eigenvalue weighted by atomic mass is 10.1. The van der Waals surface area contributed by atoms with Crippen molar-refractivity contribution in [3.63, 3.8) is 0 Å². The second-order valence-corrected chi connectivity index (χ2v) is 4.38. The van der Waals surface area contributed by atoms with Crippen molar-refractivity contribution in [1.29, 1.82) is 0 Å². The van der Waals surface area contributed by atoms with Crippen LogP contribution in [0, 0.1) is 0 Å². The first kappa shape index (κ1) is 13.3. The van der Waals surface area contributed by atoms with E-state index in [4.69, 9.17) is 5.11 Å². The number of fused-ring (bicyclic) bond motifs is 1. The van der Waals surface area contributed by atoms with Gasteiger partial charge in [0.25, 0.3) is 0 Å². The van der Waals surface area contributed by atoms with Crippen molar-refractivity contribution in [3.8, 4) is 0 Å². The monoisotopic (exact) mass is 259 g/mol. The predicted molar refractivity (Wildman–Crippen MR) is 74.5 cm³/mol. The van der Waals surface area contributed by atoms with E-state index in [0.29, 0.717) is 11.5 Å². The number of aromatic nitrogens is 2. The molecule has 0 spiro atoms. The number of unbranched alkanes of at least 4 members (excludes halogenated alkanes) is 2. The van der Waals surface area contributed by atoms with E-state index >= 15 is 0 Å². The van der Waals surface area contributed by atoms with Gasteiger partial charge in [0.05, 0.1) is 11.1 Å². The second kappa shape index (κ2) is 6.13. The van der Waals surface area contributed by atoms with Crippen molar-refractivity contribution in [3.05, 3.63) is 30.0 Å². The summed E-state index contributed by atoms with van der Waals surface area (Å²) in [5.41, 5.74) is 0.680. The van der Waals surface area contributed by atoms with Crippen LogP contribution in [0.1, 0.15) is 36.5 Å². The first-order valence-electron chi connectivity index (χ1n) is 6.45. The number of nitrogens with zero attached hydrogens (tertiary/aromatic N) is 2. The number of carbonyl (C=O) groups is 1. The molecule has 5 nitrogen and oxygen atoms in total. The van der Waals surface area contributed by atoms with Gasteiger partial charge in [-0.05, 0) is 12.5 Å². The highest BCUT2D eigenvalue weighted by atomic mass is 16.4. The predicted octanol–water partition coefficient (Wildman–Crippen LogP) is 2.93. The highest BCUT2D eigenvalue weighted by Gasteiger charge is 2.10. The molecule has 0 amide bonds. The minimum absolute atomic E-state index is 0.205. The summed E-state index contributed by atoms with van der Waals surface area (Å²) < 4.78 is 0. The average Bonchev–Trinajstić information content (AvgIpc) is 2.42. The molecule has 2 aromatic rings. The van der Waals surface area contributed by atoms with Gasteiger partial charge in [-0.1, -0.05) is 31.9 Å². The van der Waals surface area contributed by atoms with Gasteiger partial charge < -0.3 is 10.4 Å². The molecule has 1 aromatic carbocycles. The third-order valence-electron chi connectivity index (χ3n) is 2.90. The normalized spacial score (nSPS) is 10.6. The topological polar surface area (TPSA) is 75.1 Å². The zero-order valence-corrected chi connectivity index (χ0v) is 10.9. The highest BCUT2D eigenvalue weighted by Crippen LogP contribution is 2.17. The molecule has 0 aliphatic heterocycles. The molecule has 1 aromatic heterocycles. The Morgan fingerprint density at radius 2 is 2.21 bits per heavy atom. The smallest absolute Gasteiger partial charge is 0.337 e. The van der Waals surface area contributed by atoms with Gasteiger partial charge in [-0.3, -0.25) is 0 Å². The van der Waals surface area contributed by atoms with Crippen LogP contribution in [0.15, 0.2) is 24.4 Å². The Bertz CT molecular complexity index is 584. The number of benzene rings is 1. The summed E-state index contributed by atoms with van der Waals surface area (Å²) in [6.07, 6.45) is 5.01. The lowest BCUT2D eigenvalue weighted by Gasteiger charge is -2.06. The molecule has 2 N–H and O–H groups in total. The maximum Gasteiger partial charge on any atom is 0.337 e. The average molecular weight is 259 g/mol. The summed E-state index contributed by atoms with van der Waals surface area (Å²) in [5, 5.41) is 13.0. The fourth-order valence-corrected chi connectivity index (χ4v) is 1.89. The van der Waals surface area contributed by atoms with E-state index in [1.54, 1.807) is 18.3 Å². The summed E-state index contributed by atoms with van der Waals surface area (Å²) >= 11 is 0. The number of anilines is 1. The molecule has 0 fully saturated rings. The number of aromatic carboxylic acids is 1. The Balaban J connectivity index is 2.23. The van der Waals surface area contributed by atoms with Crippen LogP contribution in [0.4, 0.5) is 5.95 Å². The summed E-state index contributed by atoms with van der Waals surface area (Å²) in [4.78, 5) is 19.6. The number of carboxylic acid groups (broad SMARTS) is 1. The van der Waals surface area contributed by atoms with Crippen molar-refractivity contribution in [1.82, 2.24) is 9.97 Å². The standard InChI is InChI=1S/C14H17N3O2/c1-2-3-4-8-15-14-16-9-10-6-5-7-11(13(18)19)12(10)17-14/h5-7,9H,2-4,8H2,1H3,(H,18,19)(H,15,16,17). The van der Waals surface area contributed by atoms with Gasteiger partial charge in [-0.25, -0.2) is 14.8 Å². The highest BCUT2D eigenvalue weighted by molar-refractivity contribution is 6.01. The lowest BCUT2D eigenvalue weighted by molar-refractivity contribution is 0.0699. The molecule has 100 valence electrons. The van der Waals surface area contributed by atoms with Gasteiger partial charge >= 0.3 is 5.97 Å². The fourth-order valence-electron chi connectivity index (χ4n) is 1.89. The zero-order valence-electron chi connectivity index (χ0n) is 10.9. The molecule has 0 aliphatic rings. The fraction of sp³-hybridized carbons (Fsp3) is 0.357. The van der Waals surface area contributed by atoms with Gasteiger partial charge in [0, 0.05) is 18.1 Å². The third-order valence-corrected chi connectivity index (χ3v) is 2.90. The molecular formula is C14H17N3O2. The third kappa shape index (κ3) is 3.19. The van der Waals surface area contributed by atoms with E-state index in [2.05, 4.69) is 22.2 Å². The van der Waals surface area contributed by atoms with Crippen molar-refractivity contribution >= 4 is 22.8 Å². The molecule has 0 radical (unpaired) electrons. The Kier molecular flexibility index (Phi) is 4.28. The van der Waals surface area contributed by atoms with Crippen molar-refractivity contribution in [2.45, 2.75) is 26.2 Å². The summed E-state index contributed by atoms with van der Waals surface area (Å²) in [6.45, 7) is 2.94. The Morgan fingerprint density at radius 3 is 2.95 bits per heavy atom. The maximum atomic E-state index is 11.1. The minimum atomic E-state index is -0.971. The van der Waals surface area contributed by atoms with E-state index in [1.165, 1.54) is 0 Å². The molecule has 0 saturated carbocycles. The Hall–Kier alpha value is -2.17. The van der Waals surface area contributed by atoms with Crippen molar-refractivity contribution < 1.29 is 9.90 Å². The van der Waals surface area contributed by atoms with E-state index in [1.807, 2.05) is 6.07 Å². The molecule has 0 aliphatic carbocycles. The van der Waals surface area contributed by atoms with Crippen LogP contribution in [0.2, 0.25) is 0 Å². The molecule has 1 heterocycles. The van der Waals surface area contributed by atoms with Gasteiger partial charge in [0.2, 0.25) is 5.95 Å². The number of carboxylic acids is 1. The van der Waals surface area contributed by atoms with E-state index in [-0.39, 0.29) is 5.56 Å².